The van der Waals surface area contributed by atoms with Crippen LogP contribution in [-0.4, -0.2) is 51.4 Å². The molecule has 1 heterocycles. The molecule has 12 nitrogen and oxygen atoms in total. The zero-order valence-electron chi connectivity index (χ0n) is 18.6. The molecule has 182 valence electrons. The number of non-ortho nitro benzene ring substituents is 1. The Morgan fingerprint density at radius 1 is 1.03 bits per heavy atom. The predicted molar refractivity (Wildman–Crippen MR) is 121 cm³/mol. The molecule has 0 saturated heterocycles. The van der Waals surface area contributed by atoms with Crippen LogP contribution in [0.2, 0.25) is 0 Å². The first-order chi connectivity index (χ1) is 15.9. The number of aromatic nitrogens is 2. The molecule has 0 spiro atoms. The van der Waals surface area contributed by atoms with E-state index < -0.39 is 23.5 Å². The van der Waals surface area contributed by atoms with Crippen molar-refractivity contribution < 1.29 is 24.2 Å². The van der Waals surface area contributed by atoms with Crippen molar-refractivity contribution in [3.8, 4) is 0 Å². The number of unbranched alkanes of at least 4 members (excludes halogenated alkanes) is 8. The predicted octanol–water partition coefficient (Wildman–Crippen LogP) is 2.41. The Kier molecular flexibility index (Phi) is 11.0. The van der Waals surface area contributed by atoms with Crippen molar-refractivity contribution in [3.05, 3.63) is 22.2 Å². The first kappa shape index (κ1) is 26.0. The second-order valence-electron chi connectivity index (χ2n) is 7.91. The summed E-state index contributed by atoms with van der Waals surface area (Å²) >= 11 is 0. The standard InChI is InChI=1S/C21H32N6O6/c22-21(30)16(14-28)24-18(29)10-8-6-4-2-1-3-5-7-9-13-23-15-11-12-17(27(31)32)20-19(15)25-33-26-20/h11-12,16,23,28H,1-10,13-14H2,(H2,22,30)(H,24,29)/t16-/m0/s1. The molecule has 5 N–H and O–H groups in total. The quantitative estimate of drug-likeness (QED) is 0.155. The Bertz CT molecular complexity index is 918. The summed E-state index contributed by atoms with van der Waals surface area (Å²) in [6.45, 7) is 0.242. The van der Waals surface area contributed by atoms with Crippen LogP contribution in [0.15, 0.2) is 16.8 Å². The van der Waals surface area contributed by atoms with Gasteiger partial charge in [-0.05, 0) is 29.2 Å². The van der Waals surface area contributed by atoms with Gasteiger partial charge in [-0.15, -0.1) is 0 Å². The molecule has 2 amide bonds. The van der Waals surface area contributed by atoms with Crippen LogP contribution in [0.3, 0.4) is 0 Å². The van der Waals surface area contributed by atoms with Gasteiger partial charge in [-0.2, -0.15) is 0 Å². The highest BCUT2D eigenvalue weighted by molar-refractivity contribution is 5.93. The van der Waals surface area contributed by atoms with E-state index in [1.54, 1.807) is 6.07 Å². The topological polar surface area (TPSA) is 187 Å². The summed E-state index contributed by atoms with van der Waals surface area (Å²) in [7, 11) is 0. The summed E-state index contributed by atoms with van der Waals surface area (Å²) in [6, 6.07) is 2.01. The summed E-state index contributed by atoms with van der Waals surface area (Å²) in [5, 5.41) is 33.0. The lowest BCUT2D eigenvalue weighted by Gasteiger charge is -2.12. The van der Waals surface area contributed by atoms with Crippen molar-refractivity contribution in [2.75, 3.05) is 18.5 Å². The average Bonchev–Trinajstić information content (AvgIpc) is 3.27. The lowest BCUT2D eigenvalue weighted by Crippen LogP contribution is -2.46. The molecule has 0 saturated carbocycles. The van der Waals surface area contributed by atoms with Crippen LogP contribution in [0.25, 0.3) is 11.0 Å². The molecule has 0 aliphatic heterocycles. The number of aliphatic hydroxyl groups excluding tert-OH is 1. The molecule has 0 bridgehead atoms. The largest absolute Gasteiger partial charge is 0.394 e. The van der Waals surface area contributed by atoms with E-state index in [1.807, 2.05) is 0 Å². The summed E-state index contributed by atoms with van der Waals surface area (Å²) in [5.41, 5.74) is 6.12. The van der Waals surface area contributed by atoms with Crippen molar-refractivity contribution >= 4 is 34.2 Å². The highest BCUT2D eigenvalue weighted by Gasteiger charge is 2.19. The maximum absolute atomic E-state index is 11.7. The van der Waals surface area contributed by atoms with Crippen LogP contribution in [0.5, 0.6) is 0 Å². The number of rotatable bonds is 17. The van der Waals surface area contributed by atoms with Gasteiger partial charge in [-0.1, -0.05) is 44.9 Å². The number of benzene rings is 1. The van der Waals surface area contributed by atoms with Gasteiger partial charge < -0.3 is 21.5 Å². The molecule has 12 heteroatoms. The number of amides is 2. The monoisotopic (exact) mass is 464 g/mol. The van der Waals surface area contributed by atoms with Gasteiger partial charge in [0.25, 0.3) is 0 Å². The zero-order valence-corrected chi connectivity index (χ0v) is 18.6. The number of nitro groups is 1. The SMILES string of the molecule is NC(=O)[C@H](CO)NC(=O)CCCCCCCCCCCNc1ccc([N+](=O)[O-])c2nonc12. The molecule has 0 unspecified atom stereocenters. The summed E-state index contributed by atoms with van der Waals surface area (Å²) < 4.78 is 4.65. The number of hydrogen-bond acceptors (Lipinski definition) is 9. The molecule has 1 atom stereocenters. The fourth-order valence-corrected chi connectivity index (χ4v) is 3.49. The molecule has 1 aromatic carbocycles. The van der Waals surface area contributed by atoms with Crippen molar-refractivity contribution in [2.45, 2.75) is 70.3 Å². The molecule has 0 aliphatic carbocycles. The molecular formula is C21H32N6O6. The van der Waals surface area contributed by atoms with E-state index in [2.05, 4.69) is 25.6 Å². The Balaban J connectivity index is 1.47. The highest BCUT2D eigenvalue weighted by Crippen LogP contribution is 2.28. The summed E-state index contributed by atoms with van der Waals surface area (Å²) in [6.07, 6.45) is 9.63. The van der Waals surface area contributed by atoms with E-state index in [0.29, 0.717) is 17.6 Å². The van der Waals surface area contributed by atoms with Gasteiger partial charge in [0.05, 0.1) is 17.2 Å². The minimum absolute atomic E-state index is 0.126. The second-order valence-corrected chi connectivity index (χ2v) is 7.91. The van der Waals surface area contributed by atoms with Gasteiger partial charge in [0, 0.05) is 19.0 Å². The maximum Gasteiger partial charge on any atom is 0.300 e. The zero-order chi connectivity index (χ0) is 24.1. The normalized spacial score (nSPS) is 11.9. The van der Waals surface area contributed by atoms with E-state index in [9.17, 15) is 19.7 Å². The number of nitrogens with two attached hydrogens (primary N) is 1. The third-order valence-electron chi connectivity index (χ3n) is 5.35. The minimum Gasteiger partial charge on any atom is -0.394 e. The van der Waals surface area contributed by atoms with Crippen molar-refractivity contribution in [1.82, 2.24) is 15.6 Å². The van der Waals surface area contributed by atoms with E-state index in [4.69, 9.17) is 10.8 Å². The lowest BCUT2D eigenvalue weighted by molar-refractivity contribution is -0.383. The molecule has 0 fully saturated rings. The number of carbonyl (C=O) groups is 2. The molecular weight excluding hydrogens is 432 g/mol. The van der Waals surface area contributed by atoms with E-state index in [-0.39, 0.29) is 17.1 Å². The number of fused-ring (bicyclic) bond motifs is 1. The second kappa shape index (κ2) is 14.0. The third kappa shape index (κ3) is 8.64. The van der Waals surface area contributed by atoms with E-state index in [0.717, 1.165) is 64.3 Å². The number of nitro benzene ring substituents is 1. The molecule has 0 aliphatic rings. The van der Waals surface area contributed by atoms with E-state index >= 15 is 0 Å². The number of aliphatic hydroxyl groups is 1. The number of carbonyl (C=O) groups excluding carboxylic acids is 2. The van der Waals surface area contributed by atoms with Crippen LogP contribution in [0, 0.1) is 10.1 Å². The molecule has 2 aromatic rings. The minimum atomic E-state index is -1.01. The van der Waals surface area contributed by atoms with Gasteiger partial charge in [0.1, 0.15) is 6.04 Å². The van der Waals surface area contributed by atoms with Gasteiger partial charge in [0.15, 0.2) is 5.52 Å². The Morgan fingerprint density at radius 3 is 2.24 bits per heavy atom. The molecule has 2 rings (SSSR count). The fraction of sp³-hybridized carbons (Fsp3) is 0.619. The van der Waals surface area contributed by atoms with Gasteiger partial charge >= 0.3 is 5.69 Å². The van der Waals surface area contributed by atoms with Crippen molar-refractivity contribution in [3.63, 3.8) is 0 Å². The Hall–Kier alpha value is -3.28. The molecule has 1 aromatic heterocycles. The Morgan fingerprint density at radius 2 is 1.64 bits per heavy atom. The first-order valence-electron chi connectivity index (χ1n) is 11.3. The third-order valence-corrected chi connectivity index (χ3v) is 5.35. The van der Waals surface area contributed by atoms with Crippen molar-refractivity contribution in [1.29, 1.82) is 0 Å². The van der Waals surface area contributed by atoms with Crippen LogP contribution >= 0.6 is 0 Å². The Labute approximate surface area is 191 Å². The van der Waals surface area contributed by atoms with Crippen LogP contribution in [0.1, 0.15) is 64.2 Å². The number of nitrogens with one attached hydrogen (secondary N) is 2. The number of nitrogens with zero attached hydrogens (tertiary/aromatic N) is 3. The van der Waals surface area contributed by atoms with Gasteiger partial charge in [-0.3, -0.25) is 19.7 Å². The lowest BCUT2D eigenvalue weighted by atomic mass is 10.1. The maximum atomic E-state index is 11.7. The number of primary amides is 1. The first-order valence-corrected chi connectivity index (χ1v) is 11.3. The fourth-order valence-electron chi connectivity index (χ4n) is 3.49. The molecule has 0 radical (unpaired) electrons. The smallest absolute Gasteiger partial charge is 0.300 e. The van der Waals surface area contributed by atoms with Gasteiger partial charge in [0.2, 0.25) is 17.3 Å². The van der Waals surface area contributed by atoms with Crippen molar-refractivity contribution in [2.24, 2.45) is 5.73 Å². The van der Waals surface area contributed by atoms with Crippen LogP contribution < -0.4 is 16.4 Å². The highest BCUT2D eigenvalue weighted by atomic mass is 16.6. The van der Waals surface area contributed by atoms with E-state index in [1.165, 1.54) is 6.07 Å². The number of anilines is 1. The summed E-state index contributed by atoms with van der Waals surface area (Å²) in [5.74, 6) is -1.01. The van der Waals surface area contributed by atoms with Crippen LogP contribution in [-0.2, 0) is 9.59 Å². The van der Waals surface area contributed by atoms with Crippen LogP contribution in [0.4, 0.5) is 11.4 Å². The van der Waals surface area contributed by atoms with Gasteiger partial charge in [-0.25, -0.2) is 4.63 Å². The average molecular weight is 465 g/mol. The number of hydrogen-bond donors (Lipinski definition) is 4. The summed E-state index contributed by atoms with van der Waals surface area (Å²) in [4.78, 5) is 33.2. The molecule has 33 heavy (non-hydrogen) atoms.